The number of carboxylic acid groups (broad SMARTS) is 1. The van der Waals surface area contributed by atoms with E-state index in [1.54, 1.807) is 21.3 Å². The SMILES string of the molecule is COc1ccc(C(c2ccccc2C)N2CCCC2C(=O)O)c(OC)c1OC. The molecule has 6 nitrogen and oxygen atoms in total. The van der Waals surface area contributed by atoms with Crippen molar-refractivity contribution < 1.29 is 24.1 Å². The van der Waals surface area contributed by atoms with Crippen molar-refractivity contribution in [3.8, 4) is 17.2 Å². The van der Waals surface area contributed by atoms with Gasteiger partial charge in [-0.2, -0.15) is 0 Å². The third-order valence-corrected chi connectivity index (χ3v) is 5.42. The number of methoxy groups -OCH3 is 3. The highest BCUT2D eigenvalue weighted by Gasteiger charge is 2.39. The van der Waals surface area contributed by atoms with E-state index in [4.69, 9.17) is 14.2 Å². The van der Waals surface area contributed by atoms with Crippen LogP contribution in [-0.4, -0.2) is 49.9 Å². The maximum atomic E-state index is 11.9. The molecule has 150 valence electrons. The summed E-state index contributed by atoms with van der Waals surface area (Å²) in [5.41, 5.74) is 3.02. The van der Waals surface area contributed by atoms with Crippen molar-refractivity contribution in [3.63, 3.8) is 0 Å². The molecular weight excluding hydrogens is 358 g/mol. The molecule has 3 rings (SSSR count). The highest BCUT2D eigenvalue weighted by molar-refractivity contribution is 5.74. The first-order valence-corrected chi connectivity index (χ1v) is 9.36. The molecule has 1 heterocycles. The molecule has 1 aliphatic heterocycles. The normalized spacial score (nSPS) is 17.9. The van der Waals surface area contributed by atoms with Crippen LogP contribution in [0.1, 0.15) is 35.6 Å². The summed E-state index contributed by atoms with van der Waals surface area (Å²) in [7, 11) is 4.74. The standard InChI is InChI=1S/C22H27NO5/c1-14-8-5-6-9-15(14)19(23-13-7-10-17(23)22(24)25)16-11-12-18(26-2)21(28-4)20(16)27-3/h5-6,8-9,11-12,17,19H,7,10,13H2,1-4H3,(H,24,25). The van der Waals surface area contributed by atoms with Gasteiger partial charge in [-0.3, -0.25) is 9.69 Å². The lowest BCUT2D eigenvalue weighted by molar-refractivity contribution is -0.142. The van der Waals surface area contributed by atoms with E-state index in [1.807, 2.05) is 43.3 Å². The lowest BCUT2D eigenvalue weighted by Crippen LogP contribution is -2.39. The minimum Gasteiger partial charge on any atom is -0.493 e. The van der Waals surface area contributed by atoms with E-state index < -0.39 is 12.0 Å². The lowest BCUT2D eigenvalue weighted by atomic mass is 9.92. The molecule has 0 bridgehead atoms. The zero-order valence-corrected chi connectivity index (χ0v) is 16.8. The highest BCUT2D eigenvalue weighted by Crippen LogP contribution is 2.47. The summed E-state index contributed by atoms with van der Waals surface area (Å²) in [5.74, 6) is 0.844. The Kier molecular flexibility index (Phi) is 6.09. The van der Waals surface area contributed by atoms with E-state index in [1.165, 1.54) is 0 Å². The Morgan fingerprint density at radius 3 is 2.36 bits per heavy atom. The summed E-state index contributed by atoms with van der Waals surface area (Å²) in [4.78, 5) is 14.0. The van der Waals surface area contributed by atoms with Crippen molar-refractivity contribution >= 4 is 5.97 Å². The van der Waals surface area contributed by atoms with Crippen LogP contribution in [0.4, 0.5) is 0 Å². The van der Waals surface area contributed by atoms with E-state index in [-0.39, 0.29) is 6.04 Å². The van der Waals surface area contributed by atoms with E-state index in [2.05, 4.69) is 4.90 Å². The van der Waals surface area contributed by atoms with Crippen molar-refractivity contribution in [2.75, 3.05) is 27.9 Å². The predicted octanol–water partition coefficient (Wildman–Crippen LogP) is 3.66. The molecule has 0 saturated carbocycles. The number of benzene rings is 2. The Labute approximate surface area is 165 Å². The Morgan fingerprint density at radius 2 is 1.75 bits per heavy atom. The first-order chi connectivity index (χ1) is 13.5. The first-order valence-electron chi connectivity index (χ1n) is 9.36. The first kappa shape index (κ1) is 20.0. The highest BCUT2D eigenvalue weighted by atomic mass is 16.5. The molecule has 2 aromatic carbocycles. The number of aryl methyl sites for hydroxylation is 1. The maximum absolute atomic E-state index is 11.9. The van der Waals surface area contributed by atoms with Crippen LogP contribution in [0.25, 0.3) is 0 Å². The Morgan fingerprint density at radius 1 is 1.04 bits per heavy atom. The second-order valence-electron chi connectivity index (χ2n) is 6.92. The molecule has 1 fully saturated rings. The fourth-order valence-electron chi connectivity index (χ4n) is 4.12. The van der Waals surface area contributed by atoms with Gasteiger partial charge < -0.3 is 19.3 Å². The smallest absolute Gasteiger partial charge is 0.320 e. The molecule has 0 aliphatic carbocycles. The second-order valence-corrected chi connectivity index (χ2v) is 6.92. The Bertz CT molecular complexity index is 851. The average Bonchev–Trinajstić information content (AvgIpc) is 3.18. The van der Waals surface area contributed by atoms with Gasteiger partial charge in [0.25, 0.3) is 0 Å². The summed E-state index contributed by atoms with van der Waals surface area (Å²) >= 11 is 0. The van der Waals surface area contributed by atoms with Gasteiger partial charge in [0.2, 0.25) is 5.75 Å². The number of carbonyl (C=O) groups is 1. The van der Waals surface area contributed by atoms with Crippen molar-refractivity contribution in [3.05, 3.63) is 53.1 Å². The van der Waals surface area contributed by atoms with E-state index in [0.717, 1.165) is 23.1 Å². The topological polar surface area (TPSA) is 68.2 Å². The van der Waals surface area contributed by atoms with E-state index >= 15 is 0 Å². The van der Waals surface area contributed by atoms with Crippen molar-refractivity contribution in [2.24, 2.45) is 0 Å². The molecule has 0 aromatic heterocycles. The molecule has 6 heteroatoms. The van der Waals surface area contributed by atoms with Crippen LogP contribution in [0.3, 0.4) is 0 Å². The molecule has 28 heavy (non-hydrogen) atoms. The molecule has 1 saturated heterocycles. The van der Waals surface area contributed by atoms with Gasteiger partial charge in [-0.15, -0.1) is 0 Å². The van der Waals surface area contributed by atoms with Gasteiger partial charge in [0.05, 0.1) is 27.4 Å². The third-order valence-electron chi connectivity index (χ3n) is 5.42. The van der Waals surface area contributed by atoms with Crippen LogP contribution >= 0.6 is 0 Å². The van der Waals surface area contributed by atoms with Crippen molar-refractivity contribution in [2.45, 2.75) is 31.8 Å². The number of aliphatic carboxylic acids is 1. The van der Waals surface area contributed by atoms with Crippen LogP contribution < -0.4 is 14.2 Å². The molecule has 1 N–H and O–H groups in total. The summed E-state index contributed by atoms with van der Waals surface area (Å²) in [5, 5.41) is 9.79. The van der Waals surface area contributed by atoms with Gasteiger partial charge in [-0.05, 0) is 43.0 Å². The number of rotatable bonds is 7. The molecule has 1 aliphatic rings. The number of hydrogen-bond acceptors (Lipinski definition) is 5. The molecule has 2 aromatic rings. The predicted molar refractivity (Wildman–Crippen MR) is 106 cm³/mol. The zero-order chi connectivity index (χ0) is 20.3. The monoisotopic (exact) mass is 385 g/mol. The van der Waals surface area contributed by atoms with Crippen LogP contribution in [0, 0.1) is 6.92 Å². The van der Waals surface area contributed by atoms with Gasteiger partial charge in [-0.25, -0.2) is 0 Å². The minimum absolute atomic E-state index is 0.264. The number of nitrogens with zero attached hydrogens (tertiary/aromatic N) is 1. The van der Waals surface area contributed by atoms with E-state index in [0.29, 0.717) is 30.2 Å². The average molecular weight is 385 g/mol. The lowest BCUT2D eigenvalue weighted by Gasteiger charge is -2.34. The third kappa shape index (κ3) is 3.52. The maximum Gasteiger partial charge on any atom is 0.320 e. The Balaban J connectivity index is 2.23. The van der Waals surface area contributed by atoms with Gasteiger partial charge >= 0.3 is 5.97 Å². The number of hydrogen-bond donors (Lipinski definition) is 1. The molecular formula is C22H27NO5. The van der Waals surface area contributed by atoms with Crippen LogP contribution in [0.5, 0.6) is 17.2 Å². The van der Waals surface area contributed by atoms with Gasteiger partial charge in [0.15, 0.2) is 11.5 Å². The summed E-state index contributed by atoms with van der Waals surface area (Å²) in [6.07, 6.45) is 1.47. The second kappa shape index (κ2) is 8.52. The largest absolute Gasteiger partial charge is 0.493 e. The van der Waals surface area contributed by atoms with Crippen LogP contribution in [-0.2, 0) is 4.79 Å². The van der Waals surface area contributed by atoms with Crippen LogP contribution in [0.15, 0.2) is 36.4 Å². The molecule has 0 amide bonds. The number of ether oxygens (including phenoxy) is 3. The quantitative estimate of drug-likeness (QED) is 0.785. The Hall–Kier alpha value is -2.73. The van der Waals surface area contributed by atoms with Crippen molar-refractivity contribution in [1.82, 2.24) is 4.90 Å². The fraction of sp³-hybridized carbons (Fsp3) is 0.409. The summed E-state index contributed by atoms with van der Waals surface area (Å²) in [6, 6.07) is 11.0. The van der Waals surface area contributed by atoms with Crippen molar-refractivity contribution in [1.29, 1.82) is 0 Å². The molecule has 0 radical (unpaired) electrons. The van der Waals surface area contributed by atoms with E-state index in [9.17, 15) is 9.90 Å². The zero-order valence-electron chi connectivity index (χ0n) is 16.8. The molecule has 2 unspecified atom stereocenters. The fourth-order valence-corrected chi connectivity index (χ4v) is 4.12. The van der Waals surface area contributed by atoms with Gasteiger partial charge in [0.1, 0.15) is 6.04 Å². The van der Waals surface area contributed by atoms with Gasteiger partial charge in [-0.1, -0.05) is 24.3 Å². The summed E-state index contributed by atoms with van der Waals surface area (Å²) in [6.45, 7) is 2.74. The number of carboxylic acids is 1. The minimum atomic E-state index is -0.796. The number of likely N-dealkylation sites (tertiary alicyclic amines) is 1. The van der Waals surface area contributed by atoms with Crippen LogP contribution in [0.2, 0.25) is 0 Å². The van der Waals surface area contributed by atoms with Gasteiger partial charge in [0, 0.05) is 12.1 Å². The molecule has 0 spiro atoms. The summed E-state index contributed by atoms with van der Waals surface area (Å²) < 4.78 is 16.7. The molecule has 2 atom stereocenters.